The van der Waals surface area contributed by atoms with Crippen molar-refractivity contribution < 1.29 is 0 Å². The summed E-state index contributed by atoms with van der Waals surface area (Å²) < 4.78 is 4.36. The van der Waals surface area contributed by atoms with E-state index in [1.54, 1.807) is 0 Å². The second-order valence-electron chi connectivity index (χ2n) is 6.69. The van der Waals surface area contributed by atoms with E-state index < -0.39 is 0 Å². The van der Waals surface area contributed by atoms with Gasteiger partial charge in [0.25, 0.3) is 0 Å². The third kappa shape index (κ3) is 4.03. The van der Waals surface area contributed by atoms with Gasteiger partial charge in [-0.05, 0) is 55.4 Å². The largest absolute Gasteiger partial charge is 0.357 e. The first-order chi connectivity index (χ1) is 9.66. The molecule has 2 heterocycles. The SMILES string of the molecule is CC(C)c1ccn(C)c1.Cc1c(C(C)C)c(C)n(C)c1C. The Morgan fingerprint density at radius 1 is 0.857 bits per heavy atom. The first-order valence-electron chi connectivity index (χ1n) is 7.91. The molecule has 0 fully saturated rings. The van der Waals surface area contributed by atoms with Crippen molar-refractivity contribution in [3.8, 4) is 0 Å². The molecule has 2 aromatic heterocycles. The van der Waals surface area contributed by atoms with Gasteiger partial charge in [-0.1, -0.05) is 27.7 Å². The van der Waals surface area contributed by atoms with Gasteiger partial charge in [0.05, 0.1) is 0 Å². The van der Waals surface area contributed by atoms with Crippen LogP contribution >= 0.6 is 0 Å². The second-order valence-corrected chi connectivity index (χ2v) is 6.69. The highest BCUT2D eigenvalue weighted by atomic mass is 15.0. The molecule has 0 spiro atoms. The summed E-state index contributed by atoms with van der Waals surface area (Å²) in [4.78, 5) is 0. The highest BCUT2D eigenvalue weighted by molar-refractivity contribution is 5.38. The molecule has 0 aromatic carbocycles. The van der Waals surface area contributed by atoms with E-state index in [0.29, 0.717) is 11.8 Å². The van der Waals surface area contributed by atoms with Gasteiger partial charge < -0.3 is 9.13 Å². The quantitative estimate of drug-likeness (QED) is 0.717. The Morgan fingerprint density at radius 2 is 1.43 bits per heavy atom. The molecule has 0 radical (unpaired) electrons. The molecule has 0 aliphatic rings. The Labute approximate surface area is 130 Å². The summed E-state index contributed by atoms with van der Waals surface area (Å²) in [7, 11) is 4.19. The van der Waals surface area contributed by atoms with Gasteiger partial charge in [0, 0.05) is 37.9 Å². The maximum atomic E-state index is 2.28. The van der Waals surface area contributed by atoms with E-state index in [2.05, 4.69) is 83.1 Å². The molecule has 0 saturated heterocycles. The van der Waals surface area contributed by atoms with E-state index in [4.69, 9.17) is 0 Å². The molecule has 0 bridgehead atoms. The van der Waals surface area contributed by atoms with E-state index in [-0.39, 0.29) is 0 Å². The van der Waals surface area contributed by atoms with Gasteiger partial charge in [0.15, 0.2) is 0 Å². The monoisotopic (exact) mass is 288 g/mol. The molecule has 2 nitrogen and oxygen atoms in total. The van der Waals surface area contributed by atoms with Gasteiger partial charge in [-0.25, -0.2) is 0 Å². The van der Waals surface area contributed by atoms with Gasteiger partial charge in [-0.3, -0.25) is 0 Å². The molecule has 0 atom stereocenters. The Balaban J connectivity index is 0.000000219. The van der Waals surface area contributed by atoms with Crippen molar-refractivity contribution in [1.82, 2.24) is 9.13 Å². The van der Waals surface area contributed by atoms with E-state index in [0.717, 1.165) is 0 Å². The molecule has 118 valence electrons. The van der Waals surface area contributed by atoms with Crippen molar-refractivity contribution in [3.05, 3.63) is 46.5 Å². The van der Waals surface area contributed by atoms with Crippen molar-refractivity contribution in [2.75, 3.05) is 0 Å². The van der Waals surface area contributed by atoms with Crippen LogP contribution in [0.15, 0.2) is 18.5 Å². The van der Waals surface area contributed by atoms with Crippen molar-refractivity contribution in [1.29, 1.82) is 0 Å². The van der Waals surface area contributed by atoms with E-state index >= 15 is 0 Å². The van der Waals surface area contributed by atoms with Crippen LogP contribution in [-0.2, 0) is 14.1 Å². The van der Waals surface area contributed by atoms with Crippen LogP contribution in [0, 0.1) is 20.8 Å². The second kappa shape index (κ2) is 7.02. The normalized spacial score (nSPS) is 11.0. The first-order valence-corrected chi connectivity index (χ1v) is 7.91. The summed E-state index contributed by atoms with van der Waals surface area (Å²) >= 11 is 0. The predicted molar refractivity (Wildman–Crippen MR) is 93.2 cm³/mol. The molecular formula is C19H32N2. The smallest absolute Gasteiger partial charge is 0.0180 e. The number of nitrogens with zero attached hydrogens (tertiary/aromatic N) is 2. The van der Waals surface area contributed by atoms with Gasteiger partial charge >= 0.3 is 0 Å². The fourth-order valence-corrected chi connectivity index (χ4v) is 2.87. The van der Waals surface area contributed by atoms with Crippen molar-refractivity contribution in [2.24, 2.45) is 14.1 Å². The lowest BCUT2D eigenvalue weighted by molar-refractivity contribution is 0.805. The summed E-state index contributed by atoms with van der Waals surface area (Å²) in [5, 5.41) is 0. The summed E-state index contributed by atoms with van der Waals surface area (Å²) in [5.74, 6) is 1.30. The molecule has 0 N–H and O–H groups in total. The minimum Gasteiger partial charge on any atom is -0.357 e. The summed E-state index contributed by atoms with van der Waals surface area (Å²) in [6, 6.07) is 2.16. The molecule has 0 unspecified atom stereocenters. The molecule has 21 heavy (non-hydrogen) atoms. The van der Waals surface area contributed by atoms with Crippen molar-refractivity contribution in [3.63, 3.8) is 0 Å². The minimum atomic E-state index is 0.643. The van der Waals surface area contributed by atoms with Crippen LogP contribution in [0.25, 0.3) is 0 Å². The van der Waals surface area contributed by atoms with Crippen LogP contribution in [0.4, 0.5) is 0 Å². The Morgan fingerprint density at radius 3 is 1.62 bits per heavy atom. The van der Waals surface area contributed by atoms with E-state index in [1.807, 2.05) is 7.05 Å². The molecule has 2 heteroatoms. The fraction of sp³-hybridized carbons (Fsp3) is 0.579. The third-order valence-corrected chi connectivity index (χ3v) is 4.44. The summed E-state index contributed by atoms with van der Waals surface area (Å²) in [6.45, 7) is 15.5. The number of aromatic nitrogens is 2. The minimum absolute atomic E-state index is 0.643. The van der Waals surface area contributed by atoms with Crippen LogP contribution in [0.2, 0.25) is 0 Å². The number of rotatable bonds is 2. The number of hydrogen-bond donors (Lipinski definition) is 0. The van der Waals surface area contributed by atoms with Crippen LogP contribution in [0.1, 0.15) is 67.6 Å². The molecule has 0 saturated carbocycles. The van der Waals surface area contributed by atoms with Crippen LogP contribution in [-0.4, -0.2) is 9.13 Å². The van der Waals surface area contributed by atoms with Crippen molar-refractivity contribution in [2.45, 2.75) is 60.3 Å². The number of aryl methyl sites for hydroxylation is 1. The fourth-order valence-electron chi connectivity index (χ4n) is 2.87. The zero-order valence-electron chi connectivity index (χ0n) is 15.3. The average Bonchev–Trinajstić information content (AvgIpc) is 2.90. The number of hydrogen-bond acceptors (Lipinski definition) is 0. The molecule has 2 rings (SSSR count). The lowest BCUT2D eigenvalue weighted by atomic mass is 9.99. The highest BCUT2D eigenvalue weighted by Gasteiger charge is 2.13. The van der Waals surface area contributed by atoms with Gasteiger partial charge in [0.1, 0.15) is 0 Å². The summed E-state index contributed by atoms with van der Waals surface area (Å²) in [5.41, 5.74) is 7.22. The summed E-state index contributed by atoms with van der Waals surface area (Å²) in [6.07, 6.45) is 4.24. The van der Waals surface area contributed by atoms with Gasteiger partial charge in [-0.2, -0.15) is 0 Å². The average molecular weight is 288 g/mol. The van der Waals surface area contributed by atoms with Gasteiger partial charge in [-0.15, -0.1) is 0 Å². The van der Waals surface area contributed by atoms with Gasteiger partial charge in [0.2, 0.25) is 0 Å². The topological polar surface area (TPSA) is 9.86 Å². The molecule has 0 aliphatic heterocycles. The predicted octanol–water partition coefficient (Wildman–Crippen LogP) is 5.22. The molecule has 0 amide bonds. The Bertz CT molecular complexity index is 557. The lowest BCUT2D eigenvalue weighted by Crippen LogP contribution is -1.95. The third-order valence-electron chi connectivity index (χ3n) is 4.44. The Hall–Kier alpha value is -1.44. The maximum absolute atomic E-state index is 2.28. The van der Waals surface area contributed by atoms with E-state index in [1.165, 1.54) is 28.1 Å². The first kappa shape index (κ1) is 17.6. The zero-order chi connectivity index (χ0) is 16.3. The van der Waals surface area contributed by atoms with Crippen molar-refractivity contribution >= 4 is 0 Å². The zero-order valence-corrected chi connectivity index (χ0v) is 15.3. The van der Waals surface area contributed by atoms with Crippen LogP contribution in [0.5, 0.6) is 0 Å². The standard InChI is InChI=1S/C11H19N.C8H13N/c1-7(2)11-8(3)9(4)12(6)10(11)5;1-7(2)8-4-5-9(3)6-8/h7H,1-6H3;4-7H,1-3H3. The maximum Gasteiger partial charge on any atom is 0.0180 e. The van der Waals surface area contributed by atoms with Crippen LogP contribution < -0.4 is 0 Å². The lowest BCUT2D eigenvalue weighted by Gasteiger charge is -2.06. The molecule has 2 aromatic rings. The molecular weight excluding hydrogens is 256 g/mol. The van der Waals surface area contributed by atoms with Crippen LogP contribution in [0.3, 0.4) is 0 Å². The highest BCUT2D eigenvalue weighted by Crippen LogP contribution is 2.27. The van der Waals surface area contributed by atoms with E-state index in [9.17, 15) is 0 Å². The molecule has 0 aliphatic carbocycles. The Kier molecular flexibility index (Phi) is 5.88.